The summed E-state index contributed by atoms with van der Waals surface area (Å²) < 4.78 is 9.65. The van der Waals surface area contributed by atoms with Crippen LogP contribution in [-0.4, -0.2) is 42.6 Å². The van der Waals surface area contributed by atoms with E-state index in [9.17, 15) is 14.7 Å². The second-order valence-electron chi connectivity index (χ2n) is 5.55. The lowest BCUT2D eigenvalue weighted by Crippen LogP contribution is -2.19. The third kappa shape index (κ3) is 4.63. The standard InChI is InChI=1S/C17H19N3O5S/c1-9(2)10-5-11(15(22)12(6-10)24-3)8-18-20-17-19-16(23)13(26-17)7-14(21)25-4/h5-9,22H,1-4H3,(H,19,20,23)/b13-7+,18-8?. The Morgan fingerprint density at radius 1 is 1.35 bits per heavy atom. The topological polar surface area (TPSA) is 110 Å². The molecule has 0 radical (unpaired) electrons. The minimum atomic E-state index is -0.630. The zero-order chi connectivity index (χ0) is 19.3. The van der Waals surface area contributed by atoms with Crippen molar-refractivity contribution in [3.8, 4) is 11.5 Å². The average molecular weight is 377 g/mol. The van der Waals surface area contributed by atoms with Crippen molar-refractivity contribution in [2.45, 2.75) is 19.8 Å². The smallest absolute Gasteiger partial charge is 0.331 e. The minimum Gasteiger partial charge on any atom is -0.504 e. The van der Waals surface area contributed by atoms with Crippen LogP contribution >= 0.6 is 11.8 Å². The maximum Gasteiger partial charge on any atom is 0.331 e. The van der Waals surface area contributed by atoms with E-state index in [4.69, 9.17) is 4.74 Å². The van der Waals surface area contributed by atoms with E-state index in [0.29, 0.717) is 11.3 Å². The first-order chi connectivity index (χ1) is 12.3. The van der Waals surface area contributed by atoms with Crippen LogP contribution in [0.5, 0.6) is 11.5 Å². The lowest BCUT2D eigenvalue weighted by molar-refractivity contribution is -0.135. The molecule has 2 rings (SSSR count). The number of nitrogens with zero attached hydrogens (tertiary/aromatic N) is 2. The van der Waals surface area contributed by atoms with Crippen LogP contribution in [-0.2, 0) is 14.3 Å². The molecular weight excluding hydrogens is 358 g/mol. The number of phenols is 1. The SMILES string of the molecule is COC(=O)/C=C1/S/C(=N\N=Cc2cc(C(C)C)cc(OC)c2O)NC1=O. The first-order valence-electron chi connectivity index (χ1n) is 7.66. The lowest BCUT2D eigenvalue weighted by Gasteiger charge is -2.11. The van der Waals surface area contributed by atoms with E-state index in [0.717, 1.165) is 23.4 Å². The Labute approximate surface area is 155 Å². The van der Waals surface area contributed by atoms with Crippen LogP contribution in [0.4, 0.5) is 0 Å². The van der Waals surface area contributed by atoms with Gasteiger partial charge in [-0.05, 0) is 35.4 Å². The number of hydrogen-bond acceptors (Lipinski definition) is 8. The molecule has 138 valence electrons. The van der Waals surface area contributed by atoms with Crippen LogP contribution in [0.25, 0.3) is 0 Å². The molecule has 1 heterocycles. The lowest BCUT2D eigenvalue weighted by atomic mass is 10.00. The third-order valence-corrected chi connectivity index (χ3v) is 4.36. The summed E-state index contributed by atoms with van der Waals surface area (Å²) in [6, 6.07) is 3.55. The van der Waals surface area contributed by atoms with Crippen LogP contribution in [0.1, 0.15) is 30.9 Å². The van der Waals surface area contributed by atoms with Crippen molar-refractivity contribution in [3.05, 3.63) is 34.2 Å². The van der Waals surface area contributed by atoms with E-state index < -0.39 is 11.9 Å². The first kappa shape index (κ1) is 19.5. The molecule has 0 atom stereocenters. The molecule has 1 aromatic rings. The maximum atomic E-state index is 11.7. The van der Waals surface area contributed by atoms with Crippen molar-refractivity contribution in [1.29, 1.82) is 0 Å². The number of esters is 1. The fourth-order valence-electron chi connectivity index (χ4n) is 2.02. The number of amides is 1. The van der Waals surface area contributed by atoms with Gasteiger partial charge in [-0.3, -0.25) is 10.1 Å². The van der Waals surface area contributed by atoms with Gasteiger partial charge in [-0.25, -0.2) is 4.79 Å². The normalized spacial score (nSPS) is 17.3. The van der Waals surface area contributed by atoms with E-state index in [-0.39, 0.29) is 21.7 Å². The molecule has 1 aromatic carbocycles. The molecule has 2 N–H and O–H groups in total. The van der Waals surface area contributed by atoms with Gasteiger partial charge in [0.15, 0.2) is 16.7 Å². The maximum absolute atomic E-state index is 11.7. The number of phenolic OH excluding ortho intramolecular Hbond substituents is 1. The molecule has 1 aliphatic rings. The molecule has 0 unspecified atom stereocenters. The highest BCUT2D eigenvalue weighted by atomic mass is 32.2. The van der Waals surface area contributed by atoms with Gasteiger partial charge in [0.25, 0.3) is 5.91 Å². The van der Waals surface area contributed by atoms with Gasteiger partial charge in [-0.1, -0.05) is 13.8 Å². The van der Waals surface area contributed by atoms with E-state index >= 15 is 0 Å². The monoisotopic (exact) mass is 377 g/mol. The number of rotatable bonds is 5. The molecule has 0 saturated carbocycles. The Bertz CT molecular complexity index is 815. The van der Waals surface area contributed by atoms with Gasteiger partial charge in [0.2, 0.25) is 0 Å². The molecule has 1 amide bonds. The zero-order valence-electron chi connectivity index (χ0n) is 14.8. The second kappa shape index (κ2) is 8.52. The van der Waals surface area contributed by atoms with Gasteiger partial charge in [0.1, 0.15) is 0 Å². The summed E-state index contributed by atoms with van der Waals surface area (Å²) in [5.74, 6) is -0.554. The molecule has 0 aliphatic carbocycles. The Morgan fingerprint density at radius 2 is 2.08 bits per heavy atom. The van der Waals surface area contributed by atoms with Gasteiger partial charge in [0.05, 0.1) is 25.3 Å². The molecule has 1 aliphatic heterocycles. The number of nitrogens with one attached hydrogen (secondary N) is 1. The van der Waals surface area contributed by atoms with Gasteiger partial charge in [-0.2, -0.15) is 5.10 Å². The Kier molecular flexibility index (Phi) is 6.40. The number of methoxy groups -OCH3 is 2. The molecule has 1 fully saturated rings. The van der Waals surface area contributed by atoms with Gasteiger partial charge < -0.3 is 14.6 Å². The van der Waals surface area contributed by atoms with Crippen LogP contribution in [0.2, 0.25) is 0 Å². The van der Waals surface area contributed by atoms with Crippen LogP contribution in [0, 0.1) is 0 Å². The van der Waals surface area contributed by atoms with Gasteiger partial charge in [0, 0.05) is 11.6 Å². The first-order valence-corrected chi connectivity index (χ1v) is 8.48. The van der Waals surface area contributed by atoms with Crippen molar-refractivity contribution in [1.82, 2.24) is 5.32 Å². The van der Waals surface area contributed by atoms with Gasteiger partial charge >= 0.3 is 5.97 Å². The zero-order valence-corrected chi connectivity index (χ0v) is 15.6. The number of carbonyl (C=O) groups is 2. The summed E-state index contributed by atoms with van der Waals surface area (Å²) in [6.07, 6.45) is 2.44. The molecule has 26 heavy (non-hydrogen) atoms. The number of amidine groups is 1. The predicted molar refractivity (Wildman–Crippen MR) is 99.6 cm³/mol. The molecule has 8 nitrogen and oxygen atoms in total. The highest BCUT2D eigenvalue weighted by Gasteiger charge is 2.25. The van der Waals surface area contributed by atoms with Crippen molar-refractivity contribution in [2.24, 2.45) is 10.2 Å². The highest BCUT2D eigenvalue weighted by molar-refractivity contribution is 8.18. The third-order valence-electron chi connectivity index (χ3n) is 3.46. The quantitative estimate of drug-likeness (QED) is 0.352. The summed E-state index contributed by atoms with van der Waals surface area (Å²) in [4.78, 5) is 23.1. The van der Waals surface area contributed by atoms with Crippen LogP contribution < -0.4 is 10.1 Å². The Hall–Kier alpha value is -2.81. The summed E-state index contributed by atoms with van der Waals surface area (Å²) in [6.45, 7) is 4.04. The fourth-order valence-corrected chi connectivity index (χ4v) is 2.76. The largest absolute Gasteiger partial charge is 0.504 e. The van der Waals surface area contributed by atoms with Gasteiger partial charge in [-0.15, -0.1) is 5.10 Å². The fraction of sp³-hybridized carbons (Fsp3) is 0.294. The molecule has 0 bridgehead atoms. The summed E-state index contributed by atoms with van der Waals surface area (Å²) in [7, 11) is 2.70. The van der Waals surface area contributed by atoms with Crippen molar-refractivity contribution >= 4 is 35.0 Å². The predicted octanol–water partition coefficient (Wildman–Crippen LogP) is 2.13. The number of aromatic hydroxyl groups is 1. The van der Waals surface area contributed by atoms with Crippen LogP contribution in [0.3, 0.4) is 0 Å². The summed E-state index contributed by atoms with van der Waals surface area (Å²) in [5.41, 5.74) is 1.41. The second-order valence-corrected chi connectivity index (χ2v) is 6.58. The number of thioether (sulfide) groups is 1. The van der Waals surface area contributed by atoms with E-state index in [1.54, 1.807) is 12.1 Å². The summed E-state index contributed by atoms with van der Waals surface area (Å²) in [5, 5.41) is 20.7. The summed E-state index contributed by atoms with van der Waals surface area (Å²) >= 11 is 0.966. The van der Waals surface area contributed by atoms with E-state index in [1.165, 1.54) is 20.4 Å². The Morgan fingerprint density at radius 3 is 2.69 bits per heavy atom. The van der Waals surface area contributed by atoms with E-state index in [2.05, 4.69) is 20.3 Å². The molecule has 9 heteroatoms. The van der Waals surface area contributed by atoms with Crippen molar-refractivity contribution in [3.63, 3.8) is 0 Å². The van der Waals surface area contributed by atoms with Crippen LogP contribution in [0.15, 0.2) is 33.3 Å². The number of hydrogen-bond donors (Lipinski definition) is 2. The number of ether oxygens (including phenoxy) is 2. The molecule has 0 aromatic heterocycles. The molecular formula is C17H19N3O5S. The Balaban J connectivity index is 2.22. The molecule has 1 saturated heterocycles. The van der Waals surface area contributed by atoms with Crippen molar-refractivity contribution in [2.75, 3.05) is 14.2 Å². The highest BCUT2D eigenvalue weighted by Crippen LogP contribution is 2.33. The average Bonchev–Trinajstić information content (AvgIpc) is 2.95. The number of benzene rings is 1. The van der Waals surface area contributed by atoms with Crippen molar-refractivity contribution < 1.29 is 24.2 Å². The minimum absolute atomic E-state index is 0.0461. The molecule has 0 spiro atoms. The number of carbonyl (C=O) groups excluding carboxylic acids is 2. The van der Waals surface area contributed by atoms with E-state index in [1.807, 2.05) is 13.8 Å².